The van der Waals surface area contributed by atoms with Crippen LogP contribution in [-0.2, 0) is 14.6 Å². The van der Waals surface area contributed by atoms with E-state index in [2.05, 4.69) is 0 Å². The number of rotatable bonds is 4. The maximum absolute atomic E-state index is 13.8. The second kappa shape index (κ2) is 6.92. The Morgan fingerprint density at radius 3 is 2.52 bits per heavy atom. The van der Waals surface area contributed by atoms with Crippen molar-refractivity contribution >= 4 is 15.7 Å². The molecule has 2 rings (SSSR count). The lowest BCUT2D eigenvalue weighted by molar-refractivity contribution is -0.133. The lowest BCUT2D eigenvalue weighted by Gasteiger charge is -2.30. The van der Waals surface area contributed by atoms with Crippen molar-refractivity contribution in [1.29, 1.82) is 0 Å². The van der Waals surface area contributed by atoms with Crippen LogP contribution in [0.4, 0.5) is 8.78 Å². The van der Waals surface area contributed by atoms with Crippen molar-refractivity contribution in [3.63, 3.8) is 0 Å². The molecule has 0 aliphatic carbocycles. The zero-order valence-corrected chi connectivity index (χ0v) is 13.9. The van der Waals surface area contributed by atoms with Gasteiger partial charge in [0.15, 0.2) is 9.84 Å². The highest BCUT2D eigenvalue weighted by Crippen LogP contribution is 2.23. The summed E-state index contributed by atoms with van der Waals surface area (Å²) in [6.07, 6.45) is 0. The molecule has 1 amide bonds. The third-order valence-corrected chi connectivity index (χ3v) is 5.79. The minimum Gasteiger partial charge on any atom is -0.338 e. The predicted octanol–water partition coefficient (Wildman–Crippen LogP) is 1.21. The first-order chi connectivity index (χ1) is 10.7. The van der Waals surface area contributed by atoms with Crippen molar-refractivity contribution in [3.05, 3.63) is 35.4 Å². The summed E-state index contributed by atoms with van der Waals surface area (Å²) in [5, 5.41) is 0. The van der Waals surface area contributed by atoms with Gasteiger partial charge in [0.2, 0.25) is 5.91 Å². The molecule has 0 saturated carbocycles. The first kappa shape index (κ1) is 17.8. The number of carbonyl (C=O) groups is 1. The van der Waals surface area contributed by atoms with Crippen LogP contribution < -0.4 is 0 Å². The third kappa shape index (κ3) is 4.48. The molecule has 1 aromatic rings. The van der Waals surface area contributed by atoms with E-state index in [1.54, 1.807) is 11.8 Å². The van der Waals surface area contributed by atoms with Crippen LogP contribution in [0.15, 0.2) is 18.2 Å². The Labute approximate surface area is 134 Å². The van der Waals surface area contributed by atoms with Gasteiger partial charge >= 0.3 is 0 Å². The molecule has 0 aromatic heterocycles. The van der Waals surface area contributed by atoms with Gasteiger partial charge in [-0.15, -0.1) is 0 Å². The van der Waals surface area contributed by atoms with Crippen LogP contribution in [0.5, 0.6) is 0 Å². The molecule has 1 heterocycles. The first-order valence-corrected chi connectivity index (χ1v) is 9.15. The maximum Gasteiger partial charge on any atom is 0.236 e. The molecule has 128 valence electrons. The number of hydrogen-bond acceptors (Lipinski definition) is 4. The fourth-order valence-corrected chi connectivity index (χ4v) is 3.75. The molecule has 1 unspecified atom stereocenters. The lowest BCUT2D eigenvalue weighted by atomic mass is 10.1. The standard InChI is InChI=1S/C15H20F2N2O3S/c1-11(13-9-12(16)3-4-14(13)17)18(2)15(20)10-19-5-7-23(21,22)8-6-19/h3-4,9,11H,5-8,10H2,1-2H3. The molecule has 0 N–H and O–H groups in total. The zero-order chi connectivity index (χ0) is 17.2. The van der Waals surface area contributed by atoms with Gasteiger partial charge in [0.1, 0.15) is 11.6 Å². The van der Waals surface area contributed by atoms with E-state index >= 15 is 0 Å². The average Bonchev–Trinajstić information content (AvgIpc) is 2.50. The molecule has 0 radical (unpaired) electrons. The van der Waals surface area contributed by atoms with Gasteiger partial charge in [0.25, 0.3) is 0 Å². The van der Waals surface area contributed by atoms with Crippen molar-refractivity contribution < 1.29 is 22.0 Å². The Balaban J connectivity index is 2.00. The second-order valence-corrected chi connectivity index (χ2v) is 8.08. The summed E-state index contributed by atoms with van der Waals surface area (Å²) < 4.78 is 49.8. The highest BCUT2D eigenvalue weighted by molar-refractivity contribution is 7.91. The molecule has 0 spiro atoms. The molecule has 5 nitrogen and oxygen atoms in total. The molecular weight excluding hydrogens is 326 g/mol. The molecule has 1 atom stereocenters. The Bertz CT molecular complexity index is 680. The van der Waals surface area contributed by atoms with E-state index in [1.165, 1.54) is 11.9 Å². The van der Waals surface area contributed by atoms with Crippen molar-refractivity contribution in [2.45, 2.75) is 13.0 Å². The number of halogens is 2. The van der Waals surface area contributed by atoms with E-state index in [-0.39, 0.29) is 29.5 Å². The minimum absolute atomic E-state index is 0.0398. The highest BCUT2D eigenvalue weighted by Gasteiger charge is 2.26. The van der Waals surface area contributed by atoms with Crippen LogP contribution in [0.2, 0.25) is 0 Å². The molecule has 23 heavy (non-hydrogen) atoms. The molecule has 1 aromatic carbocycles. The monoisotopic (exact) mass is 346 g/mol. The van der Waals surface area contributed by atoms with Gasteiger partial charge in [0, 0.05) is 25.7 Å². The minimum atomic E-state index is -3.00. The van der Waals surface area contributed by atoms with Crippen LogP contribution in [-0.4, -0.2) is 62.3 Å². The van der Waals surface area contributed by atoms with Gasteiger partial charge in [-0.1, -0.05) is 0 Å². The van der Waals surface area contributed by atoms with Crippen LogP contribution in [0.3, 0.4) is 0 Å². The van der Waals surface area contributed by atoms with Crippen molar-refractivity contribution in [2.24, 2.45) is 0 Å². The number of hydrogen-bond donors (Lipinski definition) is 0. The second-order valence-electron chi connectivity index (χ2n) is 5.77. The SMILES string of the molecule is CC(c1cc(F)ccc1F)N(C)C(=O)CN1CCS(=O)(=O)CC1. The van der Waals surface area contributed by atoms with Gasteiger partial charge in [-0.2, -0.15) is 0 Å². The number of sulfone groups is 1. The summed E-state index contributed by atoms with van der Waals surface area (Å²) in [6, 6.07) is 2.53. The van der Waals surface area contributed by atoms with Gasteiger partial charge in [0.05, 0.1) is 24.1 Å². The van der Waals surface area contributed by atoms with Crippen molar-refractivity contribution in [1.82, 2.24) is 9.80 Å². The van der Waals surface area contributed by atoms with E-state index in [1.807, 2.05) is 0 Å². The van der Waals surface area contributed by atoms with E-state index in [0.717, 1.165) is 18.2 Å². The van der Waals surface area contributed by atoms with Crippen LogP contribution >= 0.6 is 0 Å². The predicted molar refractivity (Wildman–Crippen MR) is 82.6 cm³/mol. The fourth-order valence-electron chi connectivity index (χ4n) is 2.47. The highest BCUT2D eigenvalue weighted by atomic mass is 32.2. The normalized spacial score (nSPS) is 19.3. The lowest BCUT2D eigenvalue weighted by Crippen LogP contribution is -2.46. The number of likely N-dealkylation sites (N-methyl/N-ethyl adjacent to an activating group) is 1. The summed E-state index contributed by atoms with van der Waals surface area (Å²) in [6.45, 7) is 2.30. The van der Waals surface area contributed by atoms with E-state index in [9.17, 15) is 22.0 Å². The molecule has 1 aliphatic heterocycles. The average molecular weight is 346 g/mol. The van der Waals surface area contributed by atoms with E-state index in [4.69, 9.17) is 0 Å². The topological polar surface area (TPSA) is 57.7 Å². The summed E-state index contributed by atoms with van der Waals surface area (Å²) in [7, 11) is -1.47. The third-order valence-electron chi connectivity index (χ3n) is 4.18. The Morgan fingerprint density at radius 1 is 1.30 bits per heavy atom. The smallest absolute Gasteiger partial charge is 0.236 e. The van der Waals surface area contributed by atoms with Gasteiger partial charge in [-0.25, -0.2) is 17.2 Å². The Kier molecular flexibility index (Phi) is 5.36. The maximum atomic E-state index is 13.8. The Hall–Kier alpha value is -1.54. The molecule has 1 saturated heterocycles. The van der Waals surface area contributed by atoms with Gasteiger partial charge in [-0.05, 0) is 25.1 Å². The number of nitrogens with zero attached hydrogens (tertiary/aromatic N) is 2. The number of benzene rings is 1. The summed E-state index contributed by atoms with van der Waals surface area (Å²) in [5.74, 6) is -1.31. The van der Waals surface area contributed by atoms with Crippen molar-refractivity contribution in [2.75, 3.05) is 38.2 Å². The molecule has 1 aliphatic rings. The van der Waals surface area contributed by atoms with E-state index in [0.29, 0.717) is 13.1 Å². The largest absolute Gasteiger partial charge is 0.338 e. The summed E-state index contributed by atoms with van der Waals surface area (Å²) >= 11 is 0. The van der Waals surface area contributed by atoms with Crippen LogP contribution in [0.25, 0.3) is 0 Å². The fraction of sp³-hybridized carbons (Fsp3) is 0.533. The quantitative estimate of drug-likeness (QED) is 0.822. The molecule has 1 fully saturated rings. The van der Waals surface area contributed by atoms with E-state index < -0.39 is 27.5 Å². The Morgan fingerprint density at radius 2 is 1.91 bits per heavy atom. The zero-order valence-electron chi connectivity index (χ0n) is 13.1. The van der Waals surface area contributed by atoms with Crippen LogP contribution in [0, 0.1) is 11.6 Å². The number of amides is 1. The summed E-state index contributed by atoms with van der Waals surface area (Å²) in [5.41, 5.74) is 0.113. The first-order valence-electron chi connectivity index (χ1n) is 7.33. The molecule has 8 heteroatoms. The summed E-state index contributed by atoms with van der Waals surface area (Å²) in [4.78, 5) is 15.4. The molecular formula is C15H20F2N2O3S. The van der Waals surface area contributed by atoms with Crippen LogP contribution in [0.1, 0.15) is 18.5 Å². The van der Waals surface area contributed by atoms with Gasteiger partial charge in [-0.3, -0.25) is 9.69 Å². The number of carbonyl (C=O) groups excluding carboxylic acids is 1. The van der Waals surface area contributed by atoms with Crippen molar-refractivity contribution in [3.8, 4) is 0 Å². The van der Waals surface area contributed by atoms with Gasteiger partial charge < -0.3 is 4.90 Å². The molecule has 0 bridgehead atoms.